The van der Waals surface area contributed by atoms with E-state index in [0.717, 1.165) is 25.0 Å². The summed E-state index contributed by atoms with van der Waals surface area (Å²) in [6.07, 6.45) is 5.58. The number of rotatable bonds is 6. The van der Waals surface area contributed by atoms with Gasteiger partial charge in [-0.3, -0.25) is 0 Å². The minimum Gasteiger partial charge on any atom is -0.309 e. The summed E-state index contributed by atoms with van der Waals surface area (Å²) in [4.78, 5) is 2.59. The van der Waals surface area contributed by atoms with Crippen LogP contribution in [0.3, 0.4) is 0 Å². The molecule has 118 valence electrons. The van der Waals surface area contributed by atoms with Crippen LogP contribution in [0.5, 0.6) is 0 Å². The van der Waals surface area contributed by atoms with Gasteiger partial charge in [-0.25, -0.2) is 0 Å². The van der Waals surface area contributed by atoms with E-state index in [4.69, 9.17) is 0 Å². The first-order valence-corrected chi connectivity index (χ1v) is 8.62. The fourth-order valence-corrected chi connectivity index (χ4v) is 3.71. The molecule has 1 aromatic rings. The molecule has 1 N–H and O–H groups in total. The lowest BCUT2D eigenvalue weighted by molar-refractivity contribution is 0.128. The standard InChI is InChI=1S/C19H32N2/c1-5-20-18(17-12-10-15(2)11-13-17)14-21(4)19-9-7-6-8-16(19)3/h10-13,16,18-20H,5-9,14H2,1-4H3. The first kappa shape index (κ1) is 16.5. The molecule has 2 rings (SSSR count). The van der Waals surface area contributed by atoms with Crippen LogP contribution in [0.1, 0.15) is 56.7 Å². The Morgan fingerprint density at radius 1 is 1.19 bits per heavy atom. The minimum absolute atomic E-state index is 0.440. The van der Waals surface area contributed by atoms with Crippen LogP contribution in [0, 0.1) is 12.8 Å². The van der Waals surface area contributed by atoms with Crippen LogP contribution >= 0.6 is 0 Å². The molecule has 2 heteroatoms. The third-order valence-corrected chi connectivity index (χ3v) is 5.03. The van der Waals surface area contributed by atoms with Crippen molar-refractivity contribution >= 4 is 0 Å². The predicted octanol–water partition coefficient (Wildman–Crippen LogP) is 4.16. The predicted molar refractivity (Wildman–Crippen MR) is 91.6 cm³/mol. The molecule has 0 aromatic heterocycles. The molecule has 3 atom stereocenters. The van der Waals surface area contributed by atoms with E-state index in [1.807, 2.05) is 0 Å². The van der Waals surface area contributed by atoms with Gasteiger partial charge in [0.2, 0.25) is 0 Å². The largest absolute Gasteiger partial charge is 0.309 e. The highest BCUT2D eigenvalue weighted by molar-refractivity contribution is 5.24. The van der Waals surface area contributed by atoms with Crippen molar-refractivity contribution in [2.75, 3.05) is 20.1 Å². The quantitative estimate of drug-likeness (QED) is 0.845. The third kappa shape index (κ3) is 4.55. The summed E-state index contributed by atoms with van der Waals surface area (Å²) in [5, 5.41) is 3.66. The molecule has 1 aromatic carbocycles. The van der Waals surface area contributed by atoms with E-state index in [1.54, 1.807) is 0 Å². The molecule has 1 aliphatic carbocycles. The van der Waals surface area contributed by atoms with Gasteiger partial charge in [0.1, 0.15) is 0 Å². The molecule has 0 aliphatic heterocycles. The zero-order valence-corrected chi connectivity index (χ0v) is 14.2. The Hall–Kier alpha value is -0.860. The second-order valence-corrected chi connectivity index (χ2v) is 6.79. The Balaban J connectivity index is 2.02. The van der Waals surface area contributed by atoms with E-state index in [9.17, 15) is 0 Å². The zero-order chi connectivity index (χ0) is 15.2. The van der Waals surface area contributed by atoms with Crippen molar-refractivity contribution < 1.29 is 0 Å². The van der Waals surface area contributed by atoms with Crippen LogP contribution in [-0.2, 0) is 0 Å². The Labute approximate surface area is 130 Å². The van der Waals surface area contributed by atoms with Crippen LogP contribution in [0.25, 0.3) is 0 Å². The number of likely N-dealkylation sites (N-methyl/N-ethyl adjacent to an activating group) is 2. The number of benzene rings is 1. The van der Waals surface area contributed by atoms with Gasteiger partial charge in [0.25, 0.3) is 0 Å². The van der Waals surface area contributed by atoms with Crippen molar-refractivity contribution in [3.05, 3.63) is 35.4 Å². The average Bonchev–Trinajstić information content (AvgIpc) is 2.48. The summed E-state index contributed by atoms with van der Waals surface area (Å²) >= 11 is 0. The highest BCUT2D eigenvalue weighted by Crippen LogP contribution is 2.28. The van der Waals surface area contributed by atoms with Gasteiger partial charge in [-0.05, 0) is 44.8 Å². The summed E-state index contributed by atoms with van der Waals surface area (Å²) in [6.45, 7) is 8.90. The second kappa shape index (κ2) is 7.95. The fourth-order valence-electron chi connectivity index (χ4n) is 3.71. The van der Waals surface area contributed by atoms with E-state index in [0.29, 0.717) is 6.04 Å². The summed E-state index contributed by atoms with van der Waals surface area (Å²) < 4.78 is 0. The molecule has 0 radical (unpaired) electrons. The second-order valence-electron chi connectivity index (χ2n) is 6.79. The number of nitrogens with one attached hydrogen (secondary N) is 1. The molecule has 1 fully saturated rings. The van der Waals surface area contributed by atoms with Gasteiger partial charge in [-0.15, -0.1) is 0 Å². The highest BCUT2D eigenvalue weighted by Gasteiger charge is 2.26. The fraction of sp³-hybridized carbons (Fsp3) is 0.684. The van der Waals surface area contributed by atoms with Crippen molar-refractivity contribution in [1.82, 2.24) is 10.2 Å². The first-order chi connectivity index (χ1) is 10.1. The van der Waals surface area contributed by atoms with E-state index >= 15 is 0 Å². The van der Waals surface area contributed by atoms with Gasteiger partial charge in [-0.1, -0.05) is 56.5 Å². The number of aryl methyl sites for hydroxylation is 1. The normalized spacial score (nSPS) is 24.2. The van der Waals surface area contributed by atoms with Gasteiger partial charge in [0, 0.05) is 18.6 Å². The van der Waals surface area contributed by atoms with Crippen molar-refractivity contribution in [2.45, 2.75) is 58.5 Å². The Morgan fingerprint density at radius 2 is 1.86 bits per heavy atom. The molecule has 0 saturated heterocycles. The Bertz CT molecular complexity index is 412. The van der Waals surface area contributed by atoms with Gasteiger partial charge in [-0.2, -0.15) is 0 Å². The lowest BCUT2D eigenvalue weighted by Crippen LogP contribution is -2.43. The van der Waals surface area contributed by atoms with Crippen LogP contribution in [-0.4, -0.2) is 31.1 Å². The van der Waals surface area contributed by atoms with Crippen molar-refractivity contribution in [2.24, 2.45) is 5.92 Å². The monoisotopic (exact) mass is 288 g/mol. The maximum atomic E-state index is 3.66. The smallest absolute Gasteiger partial charge is 0.0449 e. The van der Waals surface area contributed by atoms with E-state index < -0.39 is 0 Å². The minimum atomic E-state index is 0.440. The number of hydrogen-bond donors (Lipinski definition) is 1. The van der Waals surface area contributed by atoms with Gasteiger partial charge < -0.3 is 10.2 Å². The topological polar surface area (TPSA) is 15.3 Å². The molecular weight excluding hydrogens is 256 g/mol. The third-order valence-electron chi connectivity index (χ3n) is 5.03. The van der Waals surface area contributed by atoms with E-state index in [-0.39, 0.29) is 0 Å². The number of hydrogen-bond acceptors (Lipinski definition) is 2. The first-order valence-electron chi connectivity index (χ1n) is 8.62. The van der Waals surface area contributed by atoms with Gasteiger partial charge in [0.05, 0.1) is 0 Å². The van der Waals surface area contributed by atoms with Crippen LogP contribution < -0.4 is 5.32 Å². The molecule has 1 saturated carbocycles. The molecule has 3 unspecified atom stereocenters. The average molecular weight is 288 g/mol. The molecule has 0 bridgehead atoms. The van der Waals surface area contributed by atoms with Gasteiger partial charge in [0.15, 0.2) is 0 Å². The summed E-state index contributed by atoms with van der Waals surface area (Å²) in [6, 6.07) is 10.2. The zero-order valence-electron chi connectivity index (χ0n) is 14.2. The van der Waals surface area contributed by atoms with Crippen LogP contribution in [0.2, 0.25) is 0 Å². The van der Waals surface area contributed by atoms with Gasteiger partial charge >= 0.3 is 0 Å². The highest BCUT2D eigenvalue weighted by atomic mass is 15.2. The van der Waals surface area contributed by atoms with Crippen LogP contribution in [0.15, 0.2) is 24.3 Å². The summed E-state index contributed by atoms with van der Waals surface area (Å²) in [7, 11) is 2.31. The Kier molecular flexibility index (Phi) is 6.25. The molecule has 21 heavy (non-hydrogen) atoms. The number of nitrogens with zero attached hydrogens (tertiary/aromatic N) is 1. The van der Waals surface area contributed by atoms with E-state index in [2.05, 4.69) is 62.3 Å². The van der Waals surface area contributed by atoms with Crippen LogP contribution in [0.4, 0.5) is 0 Å². The van der Waals surface area contributed by atoms with E-state index in [1.165, 1.54) is 36.8 Å². The van der Waals surface area contributed by atoms with Crippen molar-refractivity contribution in [3.8, 4) is 0 Å². The molecule has 0 spiro atoms. The van der Waals surface area contributed by atoms with Crippen molar-refractivity contribution in [1.29, 1.82) is 0 Å². The summed E-state index contributed by atoms with van der Waals surface area (Å²) in [5.74, 6) is 0.837. The summed E-state index contributed by atoms with van der Waals surface area (Å²) in [5.41, 5.74) is 2.75. The molecule has 0 heterocycles. The molecular formula is C19H32N2. The Morgan fingerprint density at radius 3 is 2.48 bits per heavy atom. The lowest BCUT2D eigenvalue weighted by atomic mass is 9.85. The lowest BCUT2D eigenvalue weighted by Gasteiger charge is -2.38. The molecule has 2 nitrogen and oxygen atoms in total. The SMILES string of the molecule is CCNC(CN(C)C1CCCCC1C)c1ccc(C)cc1. The molecule has 0 amide bonds. The molecule has 1 aliphatic rings. The maximum Gasteiger partial charge on any atom is 0.0449 e. The maximum absolute atomic E-state index is 3.66. The van der Waals surface area contributed by atoms with Crippen molar-refractivity contribution in [3.63, 3.8) is 0 Å².